The summed E-state index contributed by atoms with van der Waals surface area (Å²) in [6.45, 7) is 17.0. The van der Waals surface area contributed by atoms with Crippen LogP contribution in [0, 0.1) is 19.8 Å². The first kappa shape index (κ1) is 31.3. The number of anilines is 5. The van der Waals surface area contributed by atoms with Gasteiger partial charge in [-0.3, -0.25) is 10.2 Å². The first-order valence-corrected chi connectivity index (χ1v) is 18.2. The predicted octanol–water partition coefficient (Wildman–Crippen LogP) is 5.48. The van der Waals surface area contributed by atoms with E-state index in [2.05, 4.69) is 116 Å². The number of nitrogens with zero attached hydrogens (tertiary/aromatic N) is 5. The van der Waals surface area contributed by atoms with Gasteiger partial charge in [-0.2, -0.15) is 0 Å². The number of rotatable bonds is 6. The van der Waals surface area contributed by atoms with Gasteiger partial charge >= 0.3 is 0 Å². The van der Waals surface area contributed by atoms with Crippen molar-refractivity contribution in [3.05, 3.63) is 77.5 Å². The van der Waals surface area contributed by atoms with Crippen molar-refractivity contribution in [2.45, 2.75) is 58.3 Å². The lowest BCUT2D eigenvalue weighted by molar-refractivity contribution is 0.160. The minimum atomic E-state index is 0.185. The van der Waals surface area contributed by atoms with Gasteiger partial charge in [0.1, 0.15) is 12.3 Å². The molecule has 6 heterocycles. The van der Waals surface area contributed by atoms with Crippen molar-refractivity contribution in [1.82, 2.24) is 15.2 Å². The smallest absolute Gasteiger partial charge is 0.237 e. The molecule has 8 rings (SSSR count). The number of hydrogen-bond acceptors (Lipinski definition) is 9. The Balaban J connectivity index is 0.832. The van der Waals surface area contributed by atoms with Crippen molar-refractivity contribution in [3.63, 3.8) is 0 Å². The van der Waals surface area contributed by atoms with Gasteiger partial charge in [0, 0.05) is 99.5 Å². The molecular formula is C39H52N8O. The molecule has 5 aliphatic rings. The summed E-state index contributed by atoms with van der Waals surface area (Å²) in [4.78, 5) is 15.0. The third kappa shape index (κ3) is 6.42. The van der Waals surface area contributed by atoms with Gasteiger partial charge in [-0.05, 0) is 69.5 Å². The van der Waals surface area contributed by atoms with E-state index in [1.165, 1.54) is 65.4 Å². The molecule has 254 valence electrons. The highest BCUT2D eigenvalue weighted by atomic mass is 16.5. The van der Waals surface area contributed by atoms with Gasteiger partial charge < -0.3 is 30.1 Å². The number of fused-ring (bicyclic) bond motifs is 2. The second kappa shape index (κ2) is 13.5. The fourth-order valence-electron chi connectivity index (χ4n) is 8.49. The summed E-state index contributed by atoms with van der Waals surface area (Å²) < 4.78 is 5.77. The van der Waals surface area contributed by atoms with Crippen molar-refractivity contribution in [2.24, 2.45) is 5.92 Å². The number of ether oxygens (including phenoxy) is 1. The zero-order valence-electron chi connectivity index (χ0n) is 28.9. The number of benzene rings is 2. The molecule has 3 atom stereocenters. The van der Waals surface area contributed by atoms with Crippen LogP contribution in [0.1, 0.15) is 37.3 Å². The van der Waals surface area contributed by atoms with E-state index < -0.39 is 0 Å². The number of pyridine rings is 1. The van der Waals surface area contributed by atoms with E-state index in [4.69, 9.17) is 4.74 Å². The third-order valence-corrected chi connectivity index (χ3v) is 11.4. The van der Waals surface area contributed by atoms with Crippen molar-refractivity contribution >= 4 is 28.4 Å². The maximum Gasteiger partial charge on any atom is 0.237 e. The monoisotopic (exact) mass is 648 g/mol. The highest BCUT2D eigenvalue weighted by molar-refractivity contribution is 5.70. The lowest BCUT2D eigenvalue weighted by Gasteiger charge is -2.44. The minimum Gasteiger partial charge on any atom is -0.474 e. The molecule has 48 heavy (non-hydrogen) atoms. The number of hydrogen-bond donors (Lipinski definition) is 3. The average Bonchev–Trinajstić information content (AvgIpc) is 3.13. The molecule has 3 fully saturated rings. The Morgan fingerprint density at radius 3 is 2.29 bits per heavy atom. The highest BCUT2D eigenvalue weighted by Crippen LogP contribution is 2.37. The molecule has 0 aliphatic carbocycles. The molecule has 0 radical (unpaired) electrons. The molecular weight excluding hydrogens is 596 g/mol. The number of aromatic nitrogens is 1. The third-order valence-electron chi connectivity index (χ3n) is 11.4. The van der Waals surface area contributed by atoms with E-state index in [-0.39, 0.29) is 6.17 Å². The van der Waals surface area contributed by atoms with Crippen LogP contribution in [0.4, 0.5) is 28.4 Å². The first-order valence-electron chi connectivity index (χ1n) is 18.2. The summed E-state index contributed by atoms with van der Waals surface area (Å²) >= 11 is 0. The molecule has 3 aromatic rings. The maximum absolute atomic E-state index is 5.77. The molecule has 9 nitrogen and oxygen atoms in total. The summed E-state index contributed by atoms with van der Waals surface area (Å²) in [6, 6.07) is 19.2. The Morgan fingerprint density at radius 2 is 1.54 bits per heavy atom. The van der Waals surface area contributed by atoms with E-state index in [1.807, 2.05) is 6.20 Å². The van der Waals surface area contributed by atoms with Crippen molar-refractivity contribution in [2.75, 3.05) is 90.8 Å². The Kier molecular flexibility index (Phi) is 8.82. The molecule has 3 saturated heterocycles. The molecule has 5 aliphatic heterocycles. The van der Waals surface area contributed by atoms with E-state index in [1.54, 1.807) is 0 Å². The minimum absolute atomic E-state index is 0.185. The fraction of sp³-hybridized carbons (Fsp3) is 0.513. The zero-order valence-corrected chi connectivity index (χ0v) is 28.9. The second-order valence-electron chi connectivity index (χ2n) is 14.5. The highest BCUT2D eigenvalue weighted by Gasteiger charge is 2.34. The Labute approximate surface area is 286 Å². The summed E-state index contributed by atoms with van der Waals surface area (Å²) in [5.41, 5.74) is 10.2. The van der Waals surface area contributed by atoms with E-state index in [9.17, 15) is 0 Å². The van der Waals surface area contributed by atoms with Crippen LogP contribution >= 0.6 is 0 Å². The Morgan fingerprint density at radius 1 is 0.833 bits per heavy atom. The molecule has 3 N–H and O–H groups in total. The predicted molar refractivity (Wildman–Crippen MR) is 198 cm³/mol. The summed E-state index contributed by atoms with van der Waals surface area (Å²) in [7, 11) is 0. The normalized spacial score (nSPS) is 25.0. The zero-order chi connectivity index (χ0) is 32.6. The molecule has 1 aromatic heterocycles. The van der Waals surface area contributed by atoms with Gasteiger partial charge in [0.15, 0.2) is 0 Å². The lowest BCUT2D eigenvalue weighted by Crippen LogP contribution is -2.57. The van der Waals surface area contributed by atoms with E-state index in [0.717, 1.165) is 63.8 Å². The maximum atomic E-state index is 5.77. The van der Waals surface area contributed by atoms with Gasteiger partial charge in [0.2, 0.25) is 5.88 Å². The fourth-order valence-corrected chi connectivity index (χ4v) is 8.49. The van der Waals surface area contributed by atoms with Crippen LogP contribution in [0.25, 0.3) is 0 Å². The van der Waals surface area contributed by atoms with Crippen LogP contribution in [-0.4, -0.2) is 93.6 Å². The van der Waals surface area contributed by atoms with Gasteiger partial charge in [-0.1, -0.05) is 36.3 Å². The van der Waals surface area contributed by atoms with Crippen LogP contribution in [-0.2, 0) is 0 Å². The topological polar surface area (TPSA) is 71.2 Å². The quantitative estimate of drug-likeness (QED) is 0.302. The molecule has 3 unspecified atom stereocenters. The van der Waals surface area contributed by atoms with Crippen molar-refractivity contribution in [3.8, 4) is 5.88 Å². The Bertz CT molecular complexity index is 1590. The molecule has 9 heteroatoms. The molecule has 0 bridgehead atoms. The van der Waals surface area contributed by atoms with Crippen molar-refractivity contribution < 1.29 is 4.74 Å². The summed E-state index contributed by atoms with van der Waals surface area (Å²) in [5.74, 6) is 1.14. The van der Waals surface area contributed by atoms with Crippen LogP contribution in [0.3, 0.4) is 0 Å². The summed E-state index contributed by atoms with van der Waals surface area (Å²) in [5, 5.41) is 11.3. The van der Waals surface area contributed by atoms with Gasteiger partial charge in [0.05, 0.1) is 18.1 Å². The van der Waals surface area contributed by atoms with Gasteiger partial charge in [0.25, 0.3) is 0 Å². The van der Waals surface area contributed by atoms with Crippen molar-refractivity contribution in [1.29, 1.82) is 0 Å². The molecule has 0 saturated carbocycles. The van der Waals surface area contributed by atoms with Crippen LogP contribution < -0.4 is 35.4 Å². The number of nitrogens with one attached hydrogen (secondary N) is 3. The summed E-state index contributed by atoms with van der Waals surface area (Å²) in [6.07, 6.45) is 8.24. The number of piperazine rings is 1. The molecule has 0 spiro atoms. The second-order valence-corrected chi connectivity index (χ2v) is 14.5. The standard InChI is InChI=1S/C39H52N8O/c1-27-4-8-32(9-5-27)45-19-21-46(22-20-45)34-13-17-44(18-14-34)33-10-6-31(7-11-33)42-38-28(2)24-30-12-16-47(26-35(30)43-38)36-25-41-39-37(29(36)3)40-15-23-48-39/h4-11,24-25,28,34-35,38,40,42-43H,12-23,26H2,1-3H3. The number of piperidine rings is 2. The average molecular weight is 649 g/mol. The largest absolute Gasteiger partial charge is 0.474 e. The lowest BCUT2D eigenvalue weighted by atomic mass is 9.88. The van der Waals surface area contributed by atoms with Crippen LogP contribution in [0.5, 0.6) is 5.88 Å². The van der Waals surface area contributed by atoms with Crippen LogP contribution in [0.2, 0.25) is 0 Å². The number of aryl methyl sites for hydroxylation is 1. The van der Waals surface area contributed by atoms with Gasteiger partial charge in [-0.15, -0.1) is 0 Å². The molecule has 2 aromatic carbocycles. The first-order chi connectivity index (χ1) is 23.5. The molecule has 0 amide bonds. The Hall–Kier alpha value is -3.95. The van der Waals surface area contributed by atoms with E-state index in [0.29, 0.717) is 24.6 Å². The SMILES string of the molecule is Cc1ccc(N2CCN(C3CCN(c4ccc(NC5NC6CN(c7cnc8c(c7C)NCCO8)CCC6=CC5C)cc4)CC3)CC2)cc1. The van der Waals surface area contributed by atoms with Gasteiger partial charge in [-0.25, -0.2) is 4.98 Å². The van der Waals surface area contributed by atoms with E-state index >= 15 is 0 Å². The van der Waals surface area contributed by atoms with Crippen LogP contribution in [0.15, 0.2) is 66.4 Å².